The molecule has 0 aromatic heterocycles. The zero-order valence-corrected chi connectivity index (χ0v) is 14.6. The second-order valence-electron chi connectivity index (χ2n) is 5.48. The molecule has 1 amide bonds. The molecule has 2 rings (SSSR count). The number of anilines is 1. The number of rotatable bonds is 6. The summed E-state index contributed by atoms with van der Waals surface area (Å²) in [5.74, 6) is 0.858. The monoisotopic (exact) mass is 336 g/mol. The van der Waals surface area contributed by atoms with Crippen molar-refractivity contribution in [2.75, 3.05) is 45.4 Å². The number of methoxy groups -OCH3 is 2. The van der Waals surface area contributed by atoms with E-state index in [-0.39, 0.29) is 18.4 Å². The fraction of sp³-hybridized carbons (Fsp3) is 0.529. The molecule has 1 aromatic rings. The predicted molar refractivity (Wildman–Crippen MR) is 89.6 cm³/mol. The van der Waals surface area contributed by atoms with E-state index < -0.39 is 6.04 Å². The highest BCUT2D eigenvalue weighted by atomic mass is 16.5. The van der Waals surface area contributed by atoms with Crippen molar-refractivity contribution in [3.05, 3.63) is 18.2 Å². The van der Waals surface area contributed by atoms with Crippen molar-refractivity contribution in [1.29, 1.82) is 0 Å². The Morgan fingerprint density at radius 1 is 1.25 bits per heavy atom. The van der Waals surface area contributed by atoms with E-state index in [2.05, 4.69) is 0 Å². The number of esters is 1. The first-order chi connectivity index (χ1) is 11.5. The Kier molecular flexibility index (Phi) is 6.03. The van der Waals surface area contributed by atoms with Gasteiger partial charge in [0.2, 0.25) is 5.91 Å². The van der Waals surface area contributed by atoms with Crippen LogP contribution in [0.1, 0.15) is 13.8 Å². The van der Waals surface area contributed by atoms with Crippen molar-refractivity contribution in [3.63, 3.8) is 0 Å². The Morgan fingerprint density at radius 2 is 2.00 bits per heavy atom. The van der Waals surface area contributed by atoms with Crippen LogP contribution < -0.4 is 14.4 Å². The molecule has 132 valence electrons. The van der Waals surface area contributed by atoms with Gasteiger partial charge in [-0.15, -0.1) is 0 Å². The molecule has 1 atom stereocenters. The van der Waals surface area contributed by atoms with Gasteiger partial charge in [0, 0.05) is 19.2 Å². The van der Waals surface area contributed by atoms with Gasteiger partial charge < -0.3 is 19.1 Å². The highest BCUT2D eigenvalue weighted by Crippen LogP contribution is 2.34. The van der Waals surface area contributed by atoms with Crippen molar-refractivity contribution in [3.8, 4) is 11.5 Å². The molecule has 1 unspecified atom stereocenters. The second-order valence-corrected chi connectivity index (χ2v) is 5.48. The molecule has 0 saturated carbocycles. The smallest absolute Gasteiger partial charge is 0.320 e. The average Bonchev–Trinajstić information content (AvgIpc) is 2.59. The van der Waals surface area contributed by atoms with Crippen molar-refractivity contribution in [1.82, 2.24) is 4.90 Å². The Labute approximate surface area is 142 Å². The molecule has 1 fully saturated rings. The van der Waals surface area contributed by atoms with Gasteiger partial charge in [0.15, 0.2) is 0 Å². The molecule has 7 heteroatoms. The van der Waals surface area contributed by atoms with Gasteiger partial charge >= 0.3 is 5.97 Å². The van der Waals surface area contributed by atoms with Crippen LogP contribution in [-0.2, 0) is 14.3 Å². The Morgan fingerprint density at radius 3 is 2.62 bits per heavy atom. The number of carbonyl (C=O) groups excluding carboxylic acids is 2. The Bertz CT molecular complexity index is 605. The van der Waals surface area contributed by atoms with Crippen molar-refractivity contribution < 1.29 is 23.8 Å². The predicted octanol–water partition coefficient (Wildman–Crippen LogP) is 1.30. The number of amides is 1. The molecule has 1 aliphatic rings. The van der Waals surface area contributed by atoms with Gasteiger partial charge in [0.1, 0.15) is 11.5 Å². The van der Waals surface area contributed by atoms with Gasteiger partial charge in [-0.3, -0.25) is 14.5 Å². The van der Waals surface area contributed by atoms with Crippen LogP contribution in [0.4, 0.5) is 5.69 Å². The molecular formula is C17H24N2O5. The van der Waals surface area contributed by atoms with Crippen molar-refractivity contribution in [2.24, 2.45) is 0 Å². The summed E-state index contributed by atoms with van der Waals surface area (Å²) in [4.78, 5) is 27.9. The summed E-state index contributed by atoms with van der Waals surface area (Å²) in [6.07, 6.45) is 0. The van der Waals surface area contributed by atoms with Crippen LogP contribution in [0.15, 0.2) is 18.2 Å². The largest absolute Gasteiger partial charge is 0.497 e. The van der Waals surface area contributed by atoms with Crippen LogP contribution in [0.3, 0.4) is 0 Å². The summed E-state index contributed by atoms with van der Waals surface area (Å²) >= 11 is 0. The molecule has 1 saturated heterocycles. The topological polar surface area (TPSA) is 68.3 Å². The highest BCUT2D eigenvalue weighted by molar-refractivity contribution is 5.99. The lowest BCUT2D eigenvalue weighted by Crippen LogP contribution is -2.57. The second kappa shape index (κ2) is 8.01. The van der Waals surface area contributed by atoms with E-state index in [0.717, 1.165) is 0 Å². The number of piperazine rings is 1. The lowest BCUT2D eigenvalue weighted by atomic mass is 10.1. The molecule has 0 aliphatic carbocycles. The lowest BCUT2D eigenvalue weighted by Gasteiger charge is -2.38. The summed E-state index contributed by atoms with van der Waals surface area (Å²) in [6.45, 7) is 5.05. The van der Waals surface area contributed by atoms with Gasteiger partial charge in [-0.2, -0.15) is 0 Å². The van der Waals surface area contributed by atoms with E-state index in [4.69, 9.17) is 14.2 Å². The minimum atomic E-state index is -0.418. The molecule has 0 N–H and O–H groups in total. The minimum Gasteiger partial charge on any atom is -0.497 e. The standard InChI is InChI=1S/C17H24N2O5/c1-5-24-16(20)11-18-8-9-19(17(21)12(18)2)14-10-13(22-3)6-7-15(14)23-4/h6-7,10,12H,5,8-9,11H2,1-4H3. The first-order valence-corrected chi connectivity index (χ1v) is 7.94. The summed E-state index contributed by atoms with van der Waals surface area (Å²) in [5, 5.41) is 0. The summed E-state index contributed by atoms with van der Waals surface area (Å²) in [6, 6.07) is 4.92. The first-order valence-electron chi connectivity index (χ1n) is 7.94. The van der Waals surface area contributed by atoms with Crippen molar-refractivity contribution in [2.45, 2.75) is 19.9 Å². The zero-order valence-electron chi connectivity index (χ0n) is 14.6. The molecule has 7 nitrogen and oxygen atoms in total. The van der Waals surface area contributed by atoms with E-state index in [9.17, 15) is 9.59 Å². The summed E-state index contributed by atoms with van der Waals surface area (Å²) < 4.78 is 15.6. The first kappa shape index (κ1) is 18.1. The summed E-state index contributed by atoms with van der Waals surface area (Å²) in [5.41, 5.74) is 0.671. The van der Waals surface area contributed by atoms with Crippen LogP contribution in [0.25, 0.3) is 0 Å². The van der Waals surface area contributed by atoms with E-state index in [1.807, 2.05) is 4.90 Å². The number of benzene rings is 1. The van der Waals surface area contributed by atoms with Gasteiger partial charge in [-0.05, 0) is 26.0 Å². The van der Waals surface area contributed by atoms with E-state index in [1.165, 1.54) is 0 Å². The average molecular weight is 336 g/mol. The van der Waals surface area contributed by atoms with Crippen LogP contribution in [0, 0.1) is 0 Å². The van der Waals surface area contributed by atoms with Crippen molar-refractivity contribution >= 4 is 17.6 Å². The highest BCUT2D eigenvalue weighted by Gasteiger charge is 2.34. The normalized spacial score (nSPS) is 18.4. The number of hydrogen-bond acceptors (Lipinski definition) is 6. The maximum absolute atomic E-state index is 12.8. The fourth-order valence-corrected chi connectivity index (χ4v) is 2.75. The molecule has 1 aliphatic heterocycles. The quantitative estimate of drug-likeness (QED) is 0.730. The third kappa shape index (κ3) is 3.79. The lowest BCUT2D eigenvalue weighted by molar-refractivity contribution is -0.145. The maximum Gasteiger partial charge on any atom is 0.320 e. The molecule has 0 radical (unpaired) electrons. The zero-order chi connectivity index (χ0) is 17.7. The molecular weight excluding hydrogens is 312 g/mol. The molecule has 1 aromatic carbocycles. The third-order valence-corrected chi connectivity index (χ3v) is 4.10. The van der Waals surface area contributed by atoms with Crippen LogP contribution in [-0.4, -0.2) is 63.3 Å². The third-order valence-electron chi connectivity index (χ3n) is 4.10. The Hall–Kier alpha value is -2.28. The van der Waals surface area contributed by atoms with E-state index in [0.29, 0.717) is 36.9 Å². The van der Waals surface area contributed by atoms with Gasteiger partial charge in [0.05, 0.1) is 39.1 Å². The van der Waals surface area contributed by atoms with Gasteiger partial charge in [0.25, 0.3) is 0 Å². The fourth-order valence-electron chi connectivity index (χ4n) is 2.75. The maximum atomic E-state index is 12.8. The molecule has 0 spiro atoms. The van der Waals surface area contributed by atoms with Gasteiger partial charge in [-0.1, -0.05) is 0 Å². The number of hydrogen-bond donors (Lipinski definition) is 0. The van der Waals surface area contributed by atoms with E-state index >= 15 is 0 Å². The molecule has 0 bridgehead atoms. The van der Waals surface area contributed by atoms with Gasteiger partial charge in [-0.25, -0.2) is 0 Å². The number of nitrogens with zero attached hydrogens (tertiary/aromatic N) is 2. The number of ether oxygens (including phenoxy) is 3. The number of carbonyl (C=O) groups is 2. The Balaban J connectivity index is 2.18. The summed E-state index contributed by atoms with van der Waals surface area (Å²) in [7, 11) is 3.14. The minimum absolute atomic E-state index is 0.0860. The SMILES string of the molecule is CCOC(=O)CN1CCN(c2cc(OC)ccc2OC)C(=O)C1C. The molecule has 1 heterocycles. The van der Waals surface area contributed by atoms with Crippen LogP contribution >= 0.6 is 0 Å². The van der Waals surface area contributed by atoms with Crippen LogP contribution in [0.2, 0.25) is 0 Å². The van der Waals surface area contributed by atoms with E-state index in [1.54, 1.807) is 51.2 Å². The van der Waals surface area contributed by atoms with Crippen LogP contribution in [0.5, 0.6) is 11.5 Å². The molecule has 24 heavy (non-hydrogen) atoms.